The predicted molar refractivity (Wildman–Crippen MR) is 120 cm³/mol. The van der Waals surface area contributed by atoms with Crippen molar-refractivity contribution in [2.24, 2.45) is 11.8 Å². The Morgan fingerprint density at radius 2 is 1.59 bits per heavy atom. The van der Waals surface area contributed by atoms with E-state index in [0.717, 1.165) is 77.2 Å². The van der Waals surface area contributed by atoms with Gasteiger partial charge in [-0.1, -0.05) is 0 Å². The molecular formula is C21H39Cl2N3O3. The third-order valence-electron chi connectivity index (χ3n) is 6.90. The van der Waals surface area contributed by atoms with Crippen molar-refractivity contribution < 1.29 is 14.3 Å². The second-order valence-electron chi connectivity index (χ2n) is 8.63. The van der Waals surface area contributed by atoms with Crippen LogP contribution in [0.15, 0.2) is 0 Å². The molecule has 8 heteroatoms. The van der Waals surface area contributed by atoms with E-state index in [4.69, 9.17) is 4.74 Å². The summed E-state index contributed by atoms with van der Waals surface area (Å²) >= 11 is 0. The first-order chi connectivity index (χ1) is 13.2. The van der Waals surface area contributed by atoms with Crippen LogP contribution in [0.4, 0.5) is 0 Å². The zero-order valence-electron chi connectivity index (χ0n) is 17.7. The molecule has 3 fully saturated rings. The van der Waals surface area contributed by atoms with Crippen LogP contribution >= 0.6 is 24.8 Å². The molecule has 170 valence electrons. The summed E-state index contributed by atoms with van der Waals surface area (Å²) in [6.45, 7) is 4.41. The summed E-state index contributed by atoms with van der Waals surface area (Å²) in [5.41, 5.74) is 0. The number of methoxy groups -OCH3 is 1. The topological polar surface area (TPSA) is 70.7 Å². The number of ether oxygens (including phenoxy) is 1. The fourth-order valence-electron chi connectivity index (χ4n) is 5.04. The molecule has 0 atom stereocenters. The molecule has 2 saturated heterocycles. The monoisotopic (exact) mass is 451 g/mol. The molecule has 2 aliphatic heterocycles. The fraction of sp³-hybridized carbons (Fsp3) is 0.905. The number of carbonyl (C=O) groups is 2. The van der Waals surface area contributed by atoms with Gasteiger partial charge in [0.2, 0.25) is 5.91 Å². The summed E-state index contributed by atoms with van der Waals surface area (Å²) in [6, 6.07) is 1.05. The van der Waals surface area contributed by atoms with E-state index < -0.39 is 0 Å². The highest BCUT2D eigenvalue weighted by Gasteiger charge is 2.31. The summed E-state index contributed by atoms with van der Waals surface area (Å²) in [5.74, 6) is 0.963. The molecule has 0 bridgehead atoms. The number of hydrogen-bond acceptors (Lipinski definition) is 5. The Bertz CT molecular complexity index is 488. The number of hydrogen-bond donors (Lipinski definition) is 2. The van der Waals surface area contributed by atoms with Gasteiger partial charge in [0.25, 0.3) is 0 Å². The van der Waals surface area contributed by atoms with Gasteiger partial charge in [-0.25, -0.2) is 0 Å². The van der Waals surface area contributed by atoms with E-state index in [0.29, 0.717) is 18.4 Å². The average molecular weight is 452 g/mol. The van der Waals surface area contributed by atoms with Crippen molar-refractivity contribution in [1.82, 2.24) is 15.5 Å². The molecule has 0 unspecified atom stereocenters. The van der Waals surface area contributed by atoms with Crippen LogP contribution in [0, 0.1) is 11.8 Å². The normalized spacial score (nSPS) is 26.7. The van der Waals surface area contributed by atoms with E-state index in [9.17, 15) is 9.59 Å². The standard InChI is InChI=1S/C21H37N3O3.2ClH/c1-27-20(25)7-4-16-2-5-18(6-3-16)23-21(26)17-10-14-24(15-11-17)19-8-12-22-13-9-19;;/h16-19,22H,2-15H2,1H3,(H,23,26);2*1H/t16-,18-;;. The van der Waals surface area contributed by atoms with Gasteiger partial charge in [0, 0.05) is 24.4 Å². The number of halogens is 2. The minimum absolute atomic E-state index is 0. The molecule has 1 aliphatic carbocycles. The molecule has 0 aromatic heterocycles. The van der Waals surface area contributed by atoms with Crippen molar-refractivity contribution in [1.29, 1.82) is 0 Å². The lowest BCUT2D eigenvalue weighted by Gasteiger charge is -2.39. The van der Waals surface area contributed by atoms with Crippen molar-refractivity contribution in [3.63, 3.8) is 0 Å². The lowest BCUT2D eigenvalue weighted by molar-refractivity contribution is -0.141. The van der Waals surface area contributed by atoms with Crippen molar-refractivity contribution >= 4 is 36.7 Å². The number of nitrogens with one attached hydrogen (secondary N) is 2. The van der Waals surface area contributed by atoms with E-state index >= 15 is 0 Å². The molecule has 0 spiro atoms. The third kappa shape index (κ3) is 8.23. The highest BCUT2D eigenvalue weighted by atomic mass is 35.5. The first-order valence-electron chi connectivity index (χ1n) is 11.0. The molecule has 1 saturated carbocycles. The Balaban J connectivity index is 0.00000210. The number of nitrogens with zero attached hydrogens (tertiary/aromatic N) is 1. The maximum Gasteiger partial charge on any atom is 0.305 e. The van der Waals surface area contributed by atoms with E-state index in [2.05, 4.69) is 15.5 Å². The smallest absolute Gasteiger partial charge is 0.305 e. The number of piperidine rings is 2. The highest BCUT2D eigenvalue weighted by Crippen LogP contribution is 2.29. The molecule has 0 aromatic rings. The van der Waals surface area contributed by atoms with Crippen LogP contribution in [0.5, 0.6) is 0 Å². The molecule has 1 amide bonds. The SMILES string of the molecule is COC(=O)CC[C@H]1CC[C@H](NC(=O)C2CCN(C3CCNCC3)CC2)CC1.Cl.Cl. The summed E-state index contributed by atoms with van der Waals surface area (Å²) < 4.78 is 4.73. The van der Waals surface area contributed by atoms with E-state index in [1.807, 2.05) is 0 Å². The molecular weight excluding hydrogens is 413 g/mol. The van der Waals surface area contributed by atoms with Gasteiger partial charge in [-0.05, 0) is 89.9 Å². The summed E-state index contributed by atoms with van der Waals surface area (Å²) in [5, 5.41) is 6.75. The van der Waals surface area contributed by atoms with Crippen LogP contribution in [0.25, 0.3) is 0 Å². The number of carbonyl (C=O) groups excluding carboxylic acids is 2. The van der Waals surface area contributed by atoms with Gasteiger partial charge in [-0.15, -0.1) is 24.8 Å². The van der Waals surface area contributed by atoms with Crippen LogP contribution in [0.2, 0.25) is 0 Å². The zero-order chi connectivity index (χ0) is 19.1. The Labute approximate surface area is 188 Å². The first-order valence-corrected chi connectivity index (χ1v) is 11.0. The lowest BCUT2D eigenvalue weighted by Crippen LogP contribution is -2.49. The molecule has 6 nitrogen and oxygen atoms in total. The maximum absolute atomic E-state index is 12.7. The highest BCUT2D eigenvalue weighted by molar-refractivity contribution is 5.85. The van der Waals surface area contributed by atoms with Gasteiger partial charge in [-0.2, -0.15) is 0 Å². The molecule has 29 heavy (non-hydrogen) atoms. The number of likely N-dealkylation sites (tertiary alicyclic amines) is 1. The van der Waals surface area contributed by atoms with Crippen LogP contribution in [0.3, 0.4) is 0 Å². The van der Waals surface area contributed by atoms with Gasteiger partial charge in [0.1, 0.15) is 0 Å². The zero-order valence-corrected chi connectivity index (χ0v) is 19.3. The van der Waals surface area contributed by atoms with Crippen molar-refractivity contribution in [3.8, 4) is 0 Å². The van der Waals surface area contributed by atoms with Crippen molar-refractivity contribution in [3.05, 3.63) is 0 Å². The Kier molecular flexibility index (Phi) is 12.5. The Morgan fingerprint density at radius 3 is 2.17 bits per heavy atom. The lowest BCUT2D eigenvalue weighted by atomic mass is 9.83. The molecule has 0 radical (unpaired) electrons. The van der Waals surface area contributed by atoms with Crippen LogP contribution in [-0.4, -0.2) is 62.1 Å². The second-order valence-corrected chi connectivity index (χ2v) is 8.63. The van der Waals surface area contributed by atoms with Gasteiger partial charge in [-0.3, -0.25) is 9.59 Å². The van der Waals surface area contributed by atoms with E-state index in [1.54, 1.807) is 0 Å². The molecule has 2 N–H and O–H groups in total. The minimum Gasteiger partial charge on any atom is -0.469 e. The van der Waals surface area contributed by atoms with Crippen LogP contribution < -0.4 is 10.6 Å². The van der Waals surface area contributed by atoms with Crippen molar-refractivity contribution in [2.45, 2.75) is 76.3 Å². The van der Waals surface area contributed by atoms with Gasteiger partial charge in [0.05, 0.1) is 7.11 Å². The summed E-state index contributed by atoms with van der Waals surface area (Å²) in [6.07, 6.45) is 10.3. The first kappa shape index (κ1) is 26.5. The molecule has 3 rings (SSSR count). The predicted octanol–water partition coefficient (Wildman–Crippen LogP) is 2.92. The second kappa shape index (κ2) is 13.7. The molecule has 2 heterocycles. The minimum atomic E-state index is -0.110. The Hall–Kier alpha value is -0.560. The number of rotatable bonds is 6. The largest absolute Gasteiger partial charge is 0.469 e. The van der Waals surface area contributed by atoms with Gasteiger partial charge >= 0.3 is 5.97 Å². The summed E-state index contributed by atoms with van der Waals surface area (Å²) in [4.78, 5) is 26.6. The third-order valence-corrected chi connectivity index (χ3v) is 6.90. The number of amides is 1. The number of esters is 1. The van der Waals surface area contributed by atoms with Crippen molar-refractivity contribution in [2.75, 3.05) is 33.3 Å². The van der Waals surface area contributed by atoms with Gasteiger partial charge < -0.3 is 20.3 Å². The summed E-state index contributed by atoms with van der Waals surface area (Å²) in [7, 11) is 1.45. The molecule has 0 aromatic carbocycles. The average Bonchev–Trinajstić information content (AvgIpc) is 2.73. The van der Waals surface area contributed by atoms with Crippen LogP contribution in [0.1, 0.15) is 64.2 Å². The van der Waals surface area contributed by atoms with E-state index in [-0.39, 0.29) is 42.6 Å². The maximum atomic E-state index is 12.7. The molecule has 3 aliphatic rings. The van der Waals surface area contributed by atoms with E-state index in [1.165, 1.54) is 20.0 Å². The van der Waals surface area contributed by atoms with Gasteiger partial charge in [0.15, 0.2) is 0 Å². The van der Waals surface area contributed by atoms with Crippen LogP contribution in [-0.2, 0) is 14.3 Å². The Morgan fingerprint density at radius 1 is 0.966 bits per heavy atom. The quantitative estimate of drug-likeness (QED) is 0.607. The fourth-order valence-corrected chi connectivity index (χ4v) is 5.04.